The number of rotatable bonds is 14. The van der Waals surface area contributed by atoms with Gasteiger partial charge < -0.3 is 0 Å². The van der Waals surface area contributed by atoms with Crippen LogP contribution in [0.1, 0.15) is 146 Å². The molecule has 1 atom stereocenters. The van der Waals surface area contributed by atoms with E-state index < -0.39 is 0 Å². The lowest BCUT2D eigenvalue weighted by atomic mass is 9.76. The first-order valence-corrected chi connectivity index (χ1v) is 14.7. The van der Waals surface area contributed by atoms with E-state index in [0.717, 1.165) is 36.7 Å². The molecule has 2 aliphatic rings. The first-order chi connectivity index (χ1) is 16.2. The summed E-state index contributed by atoms with van der Waals surface area (Å²) in [5.41, 5.74) is 3.81. The molecule has 1 aromatic rings. The summed E-state index contributed by atoms with van der Waals surface area (Å²) in [4.78, 5) is 0. The second-order valence-electron chi connectivity index (χ2n) is 11.3. The van der Waals surface area contributed by atoms with Gasteiger partial charge in [0.15, 0.2) is 0 Å². The number of benzene rings is 1. The van der Waals surface area contributed by atoms with Crippen molar-refractivity contribution in [3.8, 4) is 0 Å². The lowest BCUT2D eigenvalue weighted by Gasteiger charge is -2.30. The molecule has 1 unspecified atom stereocenters. The molecule has 1 fully saturated rings. The van der Waals surface area contributed by atoms with Crippen LogP contribution in [0.5, 0.6) is 0 Å². The Bertz CT molecular complexity index is 694. The Morgan fingerprint density at radius 3 is 2.27 bits per heavy atom. The minimum absolute atomic E-state index is 0.0406. The van der Waals surface area contributed by atoms with E-state index in [1.54, 1.807) is 5.57 Å². The van der Waals surface area contributed by atoms with Crippen LogP contribution >= 0.6 is 0 Å². The van der Waals surface area contributed by atoms with Crippen molar-refractivity contribution in [2.45, 2.75) is 142 Å². The van der Waals surface area contributed by atoms with Crippen LogP contribution in [0.4, 0.5) is 4.39 Å². The van der Waals surface area contributed by atoms with E-state index in [2.05, 4.69) is 32.1 Å². The fourth-order valence-electron chi connectivity index (χ4n) is 6.31. The molecule has 2 aliphatic carbocycles. The summed E-state index contributed by atoms with van der Waals surface area (Å²) in [6.45, 7) is 4.52. The Hall–Kier alpha value is -1.11. The average Bonchev–Trinajstić information content (AvgIpc) is 2.84. The van der Waals surface area contributed by atoms with E-state index in [0.29, 0.717) is 5.92 Å². The molecular formula is C32H51F. The molecule has 0 amide bonds. The predicted molar refractivity (Wildman–Crippen MR) is 142 cm³/mol. The molecule has 33 heavy (non-hydrogen) atoms. The van der Waals surface area contributed by atoms with Crippen LogP contribution in [0.2, 0.25) is 0 Å². The van der Waals surface area contributed by atoms with Gasteiger partial charge in [0.1, 0.15) is 5.82 Å². The van der Waals surface area contributed by atoms with Crippen molar-refractivity contribution in [2.24, 2.45) is 11.8 Å². The maximum atomic E-state index is 15.0. The molecule has 0 aliphatic heterocycles. The zero-order valence-electron chi connectivity index (χ0n) is 21.9. The number of halogens is 1. The van der Waals surface area contributed by atoms with Crippen LogP contribution in [-0.2, 0) is 6.42 Å². The Labute approximate surface area is 204 Å². The predicted octanol–water partition coefficient (Wildman–Crippen LogP) is 10.7. The van der Waals surface area contributed by atoms with Gasteiger partial charge in [0.25, 0.3) is 0 Å². The fraction of sp³-hybridized carbons (Fsp3) is 0.750. The van der Waals surface area contributed by atoms with Gasteiger partial charge in [-0.05, 0) is 92.7 Å². The van der Waals surface area contributed by atoms with Crippen molar-refractivity contribution in [2.75, 3.05) is 0 Å². The van der Waals surface area contributed by atoms with Crippen LogP contribution in [-0.4, -0.2) is 0 Å². The zero-order valence-corrected chi connectivity index (χ0v) is 21.9. The van der Waals surface area contributed by atoms with Gasteiger partial charge in [-0.3, -0.25) is 0 Å². The third kappa shape index (κ3) is 9.22. The average molecular weight is 455 g/mol. The first kappa shape index (κ1) is 26.5. The van der Waals surface area contributed by atoms with Crippen LogP contribution in [0.25, 0.3) is 0 Å². The third-order valence-corrected chi connectivity index (χ3v) is 8.60. The number of hydrogen-bond acceptors (Lipinski definition) is 0. The van der Waals surface area contributed by atoms with Crippen molar-refractivity contribution in [1.29, 1.82) is 0 Å². The Balaban J connectivity index is 1.57. The highest BCUT2D eigenvalue weighted by molar-refractivity contribution is 5.28. The Morgan fingerprint density at radius 2 is 1.61 bits per heavy atom. The normalized spacial score (nSPS) is 22.2. The number of allylic oxidation sites excluding steroid dienone is 2. The summed E-state index contributed by atoms with van der Waals surface area (Å²) in [7, 11) is 0. The largest absolute Gasteiger partial charge is 0.207 e. The molecule has 0 saturated heterocycles. The summed E-state index contributed by atoms with van der Waals surface area (Å²) in [5.74, 6) is 2.42. The lowest BCUT2D eigenvalue weighted by molar-refractivity contribution is 0.242. The van der Waals surface area contributed by atoms with Gasteiger partial charge in [-0.15, -0.1) is 0 Å². The molecule has 0 bridgehead atoms. The molecule has 0 aromatic heterocycles. The second kappa shape index (κ2) is 15.0. The van der Waals surface area contributed by atoms with E-state index in [1.807, 2.05) is 6.07 Å². The molecule has 3 rings (SSSR count). The molecular weight excluding hydrogens is 403 g/mol. The van der Waals surface area contributed by atoms with Gasteiger partial charge >= 0.3 is 0 Å². The quantitative estimate of drug-likeness (QED) is 0.194. The van der Waals surface area contributed by atoms with Gasteiger partial charge in [-0.2, -0.15) is 0 Å². The summed E-state index contributed by atoms with van der Waals surface area (Å²) in [5, 5.41) is 0. The monoisotopic (exact) mass is 454 g/mol. The van der Waals surface area contributed by atoms with Gasteiger partial charge in [-0.1, -0.05) is 102 Å². The van der Waals surface area contributed by atoms with E-state index in [4.69, 9.17) is 0 Å². The van der Waals surface area contributed by atoms with Crippen LogP contribution < -0.4 is 0 Å². The van der Waals surface area contributed by atoms with Crippen LogP contribution in [0.3, 0.4) is 0 Å². The van der Waals surface area contributed by atoms with E-state index in [1.165, 1.54) is 108 Å². The smallest absolute Gasteiger partial charge is 0.126 e. The highest BCUT2D eigenvalue weighted by Gasteiger charge is 2.23. The highest BCUT2D eigenvalue weighted by atomic mass is 19.1. The number of aryl methyl sites for hydroxylation is 1. The van der Waals surface area contributed by atoms with Gasteiger partial charge in [0.2, 0.25) is 0 Å². The Kier molecular flexibility index (Phi) is 12.0. The van der Waals surface area contributed by atoms with E-state index >= 15 is 0 Å². The van der Waals surface area contributed by atoms with Crippen molar-refractivity contribution in [3.05, 3.63) is 46.8 Å². The zero-order chi connectivity index (χ0) is 23.3. The molecule has 1 aromatic carbocycles. The molecule has 0 spiro atoms. The van der Waals surface area contributed by atoms with Crippen molar-refractivity contribution in [1.82, 2.24) is 0 Å². The maximum Gasteiger partial charge on any atom is 0.126 e. The summed E-state index contributed by atoms with van der Waals surface area (Å²) < 4.78 is 15.0. The molecule has 0 N–H and O–H groups in total. The highest BCUT2D eigenvalue weighted by Crippen LogP contribution is 2.38. The standard InChI is InChI=1S/C32H51F/c1-3-5-8-12-26-16-18-27(19-17-26)20-21-30(24-28-13-10-7-11-14-28)31-23-22-29(32(33)25-31)15-9-6-4-2/h13,22-23,25-27,30H,3-12,14-21,24H2,1-2H3. The summed E-state index contributed by atoms with van der Waals surface area (Å²) in [6, 6.07) is 6.27. The molecule has 0 heterocycles. The van der Waals surface area contributed by atoms with Crippen molar-refractivity contribution >= 4 is 0 Å². The second-order valence-corrected chi connectivity index (χ2v) is 11.3. The number of hydrogen-bond donors (Lipinski definition) is 0. The molecule has 186 valence electrons. The van der Waals surface area contributed by atoms with Crippen molar-refractivity contribution in [3.63, 3.8) is 0 Å². The van der Waals surface area contributed by atoms with E-state index in [9.17, 15) is 4.39 Å². The maximum absolute atomic E-state index is 15.0. The third-order valence-electron chi connectivity index (χ3n) is 8.60. The molecule has 1 saturated carbocycles. The topological polar surface area (TPSA) is 0 Å². The molecule has 0 radical (unpaired) electrons. The van der Waals surface area contributed by atoms with Crippen LogP contribution in [0.15, 0.2) is 29.8 Å². The SMILES string of the molecule is CCCCCc1ccc(C(CCC2CCC(CCCCC)CC2)CC2=CCCCC2)cc1F. The van der Waals surface area contributed by atoms with Gasteiger partial charge in [-0.25, -0.2) is 4.39 Å². The van der Waals surface area contributed by atoms with Crippen molar-refractivity contribution < 1.29 is 4.39 Å². The minimum Gasteiger partial charge on any atom is -0.207 e. The number of unbranched alkanes of at least 4 members (excludes halogenated alkanes) is 4. The van der Waals surface area contributed by atoms with Gasteiger partial charge in [0, 0.05) is 0 Å². The fourth-order valence-corrected chi connectivity index (χ4v) is 6.31. The summed E-state index contributed by atoms with van der Waals surface area (Å²) in [6.07, 6.45) is 27.2. The lowest BCUT2D eigenvalue weighted by Crippen LogP contribution is -2.16. The van der Waals surface area contributed by atoms with Crippen LogP contribution in [0, 0.1) is 17.7 Å². The van der Waals surface area contributed by atoms with E-state index in [-0.39, 0.29) is 5.82 Å². The molecule has 1 heteroatoms. The Morgan fingerprint density at radius 1 is 0.879 bits per heavy atom. The minimum atomic E-state index is 0.0406. The first-order valence-electron chi connectivity index (χ1n) is 14.7. The van der Waals surface area contributed by atoms with Gasteiger partial charge in [0.05, 0.1) is 0 Å². The summed E-state index contributed by atoms with van der Waals surface area (Å²) >= 11 is 0. The molecule has 0 nitrogen and oxygen atoms in total.